The molecule has 2 aromatic rings. The monoisotopic (exact) mass is 276 g/mol. The van der Waals surface area contributed by atoms with Gasteiger partial charge in [-0.1, -0.05) is 6.92 Å². The van der Waals surface area contributed by atoms with E-state index >= 15 is 0 Å². The molecule has 2 rings (SSSR count). The molecule has 1 unspecified atom stereocenters. The first-order valence-electron chi connectivity index (χ1n) is 6.94. The van der Waals surface area contributed by atoms with Gasteiger partial charge in [0.15, 0.2) is 0 Å². The van der Waals surface area contributed by atoms with Crippen LogP contribution in [0.2, 0.25) is 0 Å². The number of carbonyl (C=O) groups excluding carboxylic acids is 1. The van der Waals surface area contributed by atoms with Gasteiger partial charge in [0.25, 0.3) is 0 Å². The Labute approximate surface area is 118 Å². The Bertz CT molecular complexity index is 630. The summed E-state index contributed by atoms with van der Waals surface area (Å²) < 4.78 is 13.2. The number of benzene rings is 1. The second-order valence-corrected chi connectivity index (χ2v) is 5.80. The van der Waals surface area contributed by atoms with Crippen LogP contribution < -0.4 is 5.32 Å². The summed E-state index contributed by atoms with van der Waals surface area (Å²) >= 11 is 0. The van der Waals surface area contributed by atoms with Crippen LogP contribution in [0.5, 0.6) is 0 Å². The van der Waals surface area contributed by atoms with Gasteiger partial charge < -0.3 is 10.3 Å². The molecule has 0 aliphatic rings. The van der Waals surface area contributed by atoms with Gasteiger partial charge in [-0.25, -0.2) is 4.39 Å². The van der Waals surface area contributed by atoms with E-state index in [9.17, 15) is 9.18 Å². The number of aromatic nitrogens is 1. The first kappa shape index (κ1) is 14.6. The van der Waals surface area contributed by atoms with Crippen molar-refractivity contribution in [1.82, 2.24) is 10.3 Å². The van der Waals surface area contributed by atoms with E-state index in [0.717, 1.165) is 17.4 Å². The molecule has 1 aromatic carbocycles. The Balaban J connectivity index is 2.38. The normalized spacial score (nSPS) is 13.4. The summed E-state index contributed by atoms with van der Waals surface area (Å²) in [6.07, 6.45) is 2.68. The van der Waals surface area contributed by atoms with Crippen molar-refractivity contribution in [3.8, 4) is 0 Å². The molecule has 3 nitrogen and oxygen atoms in total. The number of aromatic amines is 1. The van der Waals surface area contributed by atoms with Crippen molar-refractivity contribution in [1.29, 1.82) is 0 Å². The molecule has 1 heterocycles. The molecule has 4 heteroatoms. The van der Waals surface area contributed by atoms with Crippen molar-refractivity contribution in [3.63, 3.8) is 0 Å². The molecular formula is C16H21FN2O. The number of H-pyrrole nitrogens is 1. The Morgan fingerprint density at radius 2 is 2.15 bits per heavy atom. The fraction of sp³-hybridized carbons (Fsp3) is 0.438. The highest BCUT2D eigenvalue weighted by Gasteiger charge is 2.32. The molecule has 0 saturated carbocycles. The number of fused-ring (bicyclic) bond motifs is 1. The van der Waals surface area contributed by atoms with E-state index in [2.05, 4.69) is 10.3 Å². The van der Waals surface area contributed by atoms with Crippen molar-refractivity contribution in [2.45, 2.75) is 45.6 Å². The van der Waals surface area contributed by atoms with E-state index in [-0.39, 0.29) is 17.8 Å². The van der Waals surface area contributed by atoms with Crippen LogP contribution in [0.1, 0.15) is 39.7 Å². The van der Waals surface area contributed by atoms with Gasteiger partial charge in [0.2, 0.25) is 5.91 Å². The highest BCUT2D eigenvalue weighted by Crippen LogP contribution is 2.31. The van der Waals surface area contributed by atoms with Crippen molar-refractivity contribution >= 4 is 16.8 Å². The van der Waals surface area contributed by atoms with Crippen LogP contribution in [0.4, 0.5) is 4.39 Å². The van der Waals surface area contributed by atoms with E-state index < -0.39 is 5.41 Å². The minimum Gasteiger partial charge on any atom is -0.361 e. The van der Waals surface area contributed by atoms with E-state index in [4.69, 9.17) is 0 Å². The number of hydrogen-bond donors (Lipinski definition) is 2. The van der Waals surface area contributed by atoms with Gasteiger partial charge >= 0.3 is 0 Å². The van der Waals surface area contributed by atoms with Gasteiger partial charge in [-0.05, 0) is 51.0 Å². The summed E-state index contributed by atoms with van der Waals surface area (Å²) in [6.45, 7) is 7.79. The fourth-order valence-electron chi connectivity index (χ4n) is 2.24. The van der Waals surface area contributed by atoms with Crippen LogP contribution in [-0.4, -0.2) is 16.9 Å². The molecule has 108 valence electrons. The van der Waals surface area contributed by atoms with E-state index in [1.54, 1.807) is 12.3 Å². The number of hydrogen-bond acceptors (Lipinski definition) is 1. The number of halogens is 1. The van der Waals surface area contributed by atoms with Crippen LogP contribution >= 0.6 is 0 Å². The van der Waals surface area contributed by atoms with E-state index in [1.807, 2.05) is 27.7 Å². The molecule has 2 N–H and O–H groups in total. The summed E-state index contributed by atoms with van der Waals surface area (Å²) in [7, 11) is 0. The largest absolute Gasteiger partial charge is 0.361 e. The Kier molecular flexibility index (Phi) is 3.84. The maximum absolute atomic E-state index is 13.2. The third kappa shape index (κ3) is 2.55. The summed E-state index contributed by atoms with van der Waals surface area (Å²) in [6, 6.07) is 4.72. The molecule has 0 fully saturated rings. The lowest BCUT2D eigenvalue weighted by Crippen LogP contribution is -2.43. The van der Waals surface area contributed by atoms with Gasteiger partial charge in [0, 0.05) is 23.1 Å². The predicted octanol–water partition coefficient (Wildman–Crippen LogP) is 3.50. The van der Waals surface area contributed by atoms with E-state index in [0.29, 0.717) is 5.52 Å². The zero-order valence-corrected chi connectivity index (χ0v) is 12.4. The first-order valence-corrected chi connectivity index (χ1v) is 6.94. The smallest absolute Gasteiger partial charge is 0.230 e. The van der Waals surface area contributed by atoms with Crippen molar-refractivity contribution in [2.24, 2.45) is 0 Å². The van der Waals surface area contributed by atoms with Gasteiger partial charge in [-0.15, -0.1) is 0 Å². The van der Waals surface area contributed by atoms with Crippen molar-refractivity contribution in [2.75, 3.05) is 0 Å². The highest BCUT2D eigenvalue weighted by atomic mass is 19.1. The molecule has 0 bridgehead atoms. The zero-order valence-electron chi connectivity index (χ0n) is 12.4. The molecule has 0 aliphatic carbocycles. The molecule has 20 heavy (non-hydrogen) atoms. The Morgan fingerprint density at radius 1 is 1.45 bits per heavy atom. The molecule has 0 aliphatic heterocycles. The Morgan fingerprint density at radius 3 is 2.80 bits per heavy atom. The number of amides is 1. The molecule has 1 amide bonds. The number of rotatable bonds is 4. The van der Waals surface area contributed by atoms with E-state index in [1.165, 1.54) is 12.1 Å². The van der Waals surface area contributed by atoms with Gasteiger partial charge in [0.05, 0.1) is 5.41 Å². The van der Waals surface area contributed by atoms with Crippen LogP contribution in [-0.2, 0) is 10.2 Å². The van der Waals surface area contributed by atoms with Gasteiger partial charge in [0.1, 0.15) is 5.82 Å². The SMILES string of the molecule is CCC(C)NC(=O)C(C)(C)c1c[nH]c2cc(F)ccc12. The summed E-state index contributed by atoms with van der Waals surface area (Å²) in [4.78, 5) is 15.5. The van der Waals surface area contributed by atoms with Gasteiger partial charge in [-0.2, -0.15) is 0 Å². The minimum absolute atomic E-state index is 0.0166. The Hall–Kier alpha value is -1.84. The second-order valence-electron chi connectivity index (χ2n) is 5.80. The average Bonchev–Trinajstić information content (AvgIpc) is 2.81. The maximum Gasteiger partial charge on any atom is 0.230 e. The number of nitrogens with one attached hydrogen (secondary N) is 2. The molecular weight excluding hydrogens is 255 g/mol. The lowest BCUT2D eigenvalue weighted by Gasteiger charge is -2.25. The summed E-state index contributed by atoms with van der Waals surface area (Å²) in [5.41, 5.74) is 0.928. The lowest BCUT2D eigenvalue weighted by atomic mass is 9.83. The van der Waals surface area contributed by atoms with Crippen molar-refractivity contribution in [3.05, 3.63) is 35.8 Å². The maximum atomic E-state index is 13.2. The number of carbonyl (C=O) groups is 1. The standard InChI is InChI=1S/C16H21FN2O/c1-5-10(2)19-15(20)16(3,4)13-9-18-14-8-11(17)6-7-12(13)14/h6-10,18H,5H2,1-4H3,(H,19,20). The average molecular weight is 276 g/mol. The van der Waals surface area contributed by atoms with Crippen LogP contribution in [0.15, 0.2) is 24.4 Å². The second kappa shape index (κ2) is 5.27. The lowest BCUT2D eigenvalue weighted by molar-refractivity contribution is -0.126. The molecule has 0 radical (unpaired) electrons. The third-order valence-electron chi connectivity index (χ3n) is 3.87. The predicted molar refractivity (Wildman–Crippen MR) is 79.2 cm³/mol. The molecule has 1 atom stereocenters. The fourth-order valence-corrected chi connectivity index (χ4v) is 2.24. The quantitative estimate of drug-likeness (QED) is 0.882. The summed E-state index contributed by atoms with van der Waals surface area (Å²) in [5, 5.41) is 3.89. The topological polar surface area (TPSA) is 44.9 Å². The van der Waals surface area contributed by atoms with Crippen LogP contribution in [0, 0.1) is 5.82 Å². The van der Waals surface area contributed by atoms with Crippen LogP contribution in [0.3, 0.4) is 0 Å². The van der Waals surface area contributed by atoms with Gasteiger partial charge in [-0.3, -0.25) is 4.79 Å². The first-order chi connectivity index (χ1) is 9.36. The molecule has 0 saturated heterocycles. The van der Waals surface area contributed by atoms with Crippen molar-refractivity contribution < 1.29 is 9.18 Å². The highest BCUT2D eigenvalue weighted by molar-refractivity contribution is 5.94. The van der Waals surface area contributed by atoms with Crippen LogP contribution in [0.25, 0.3) is 10.9 Å². The zero-order chi connectivity index (χ0) is 14.9. The molecule has 0 spiro atoms. The third-order valence-corrected chi connectivity index (χ3v) is 3.87. The molecule has 1 aromatic heterocycles. The summed E-state index contributed by atoms with van der Waals surface area (Å²) in [5.74, 6) is -0.301. The minimum atomic E-state index is -0.667.